The summed E-state index contributed by atoms with van der Waals surface area (Å²) < 4.78 is 16.1. The third kappa shape index (κ3) is 4.72. The maximum Gasteiger partial charge on any atom is 0.273 e. The van der Waals surface area contributed by atoms with Crippen molar-refractivity contribution in [2.45, 2.75) is 13.5 Å². The van der Waals surface area contributed by atoms with Crippen molar-refractivity contribution in [3.05, 3.63) is 41.3 Å². The molecule has 1 amide bonds. The summed E-state index contributed by atoms with van der Waals surface area (Å²) in [5.41, 5.74) is 1.31. The Kier molecular flexibility index (Phi) is 5.99. The molecule has 7 heteroatoms. The summed E-state index contributed by atoms with van der Waals surface area (Å²) >= 11 is 0. The molecular weight excluding hydrogens is 298 g/mol. The van der Waals surface area contributed by atoms with Gasteiger partial charge in [-0.1, -0.05) is 11.2 Å². The summed E-state index contributed by atoms with van der Waals surface area (Å²) in [7, 11) is 3.40. The van der Waals surface area contributed by atoms with Gasteiger partial charge in [0.05, 0.1) is 7.11 Å². The van der Waals surface area contributed by atoms with Crippen molar-refractivity contribution >= 4 is 5.91 Å². The van der Waals surface area contributed by atoms with E-state index in [1.165, 1.54) is 0 Å². The van der Waals surface area contributed by atoms with Crippen molar-refractivity contribution in [2.24, 2.45) is 0 Å². The highest BCUT2D eigenvalue weighted by atomic mass is 16.5. The van der Waals surface area contributed by atoms with E-state index in [2.05, 4.69) is 15.8 Å². The van der Waals surface area contributed by atoms with Gasteiger partial charge < -0.3 is 24.6 Å². The number of aryl methyl sites for hydroxylation is 1. The molecule has 0 radical (unpaired) electrons. The topological polar surface area (TPSA) is 85.6 Å². The van der Waals surface area contributed by atoms with Crippen LogP contribution in [-0.2, 0) is 6.61 Å². The smallest absolute Gasteiger partial charge is 0.273 e. The molecule has 0 fully saturated rings. The van der Waals surface area contributed by atoms with Crippen LogP contribution in [0.3, 0.4) is 0 Å². The van der Waals surface area contributed by atoms with E-state index in [0.717, 1.165) is 5.56 Å². The van der Waals surface area contributed by atoms with Crippen LogP contribution >= 0.6 is 0 Å². The molecule has 0 saturated carbocycles. The first-order valence-corrected chi connectivity index (χ1v) is 7.30. The fourth-order valence-corrected chi connectivity index (χ4v) is 1.92. The first kappa shape index (κ1) is 16.8. The summed E-state index contributed by atoms with van der Waals surface area (Å²) in [6, 6.07) is 7.21. The number of carbonyl (C=O) groups is 1. The first-order valence-electron chi connectivity index (χ1n) is 7.30. The SMILES string of the molecule is CNCCNC(=O)c1cc(COc2ccc(C)cc2OC)on1. The lowest BCUT2D eigenvalue weighted by atomic mass is 10.2. The Balaban J connectivity index is 1.93. The number of methoxy groups -OCH3 is 1. The Bertz CT molecular complexity index is 655. The number of hydrogen-bond donors (Lipinski definition) is 2. The molecule has 7 nitrogen and oxygen atoms in total. The zero-order chi connectivity index (χ0) is 16.7. The molecule has 0 aliphatic rings. The molecule has 0 saturated heterocycles. The molecule has 1 heterocycles. The standard InChI is InChI=1S/C16H21N3O4/c1-11-4-5-14(15(8-11)21-3)22-10-12-9-13(19-23-12)16(20)18-7-6-17-2/h4-5,8-9,17H,6-7,10H2,1-3H3,(H,18,20). The van der Waals surface area contributed by atoms with Gasteiger partial charge in [-0.05, 0) is 31.7 Å². The van der Waals surface area contributed by atoms with Gasteiger partial charge in [-0.15, -0.1) is 0 Å². The normalized spacial score (nSPS) is 10.4. The Labute approximate surface area is 134 Å². The molecule has 2 aromatic rings. The molecule has 124 valence electrons. The van der Waals surface area contributed by atoms with Crippen molar-refractivity contribution in [1.82, 2.24) is 15.8 Å². The van der Waals surface area contributed by atoms with Crippen molar-refractivity contribution in [1.29, 1.82) is 0 Å². The van der Waals surface area contributed by atoms with Crippen LogP contribution in [0.25, 0.3) is 0 Å². The molecule has 23 heavy (non-hydrogen) atoms. The lowest BCUT2D eigenvalue weighted by molar-refractivity contribution is 0.0944. The van der Waals surface area contributed by atoms with Gasteiger partial charge in [0, 0.05) is 19.2 Å². The predicted octanol–water partition coefficient (Wildman–Crippen LogP) is 1.52. The van der Waals surface area contributed by atoms with Gasteiger partial charge >= 0.3 is 0 Å². The van der Waals surface area contributed by atoms with E-state index in [1.807, 2.05) is 32.2 Å². The monoisotopic (exact) mass is 319 g/mol. The number of hydrogen-bond acceptors (Lipinski definition) is 6. The fourth-order valence-electron chi connectivity index (χ4n) is 1.92. The third-order valence-electron chi connectivity index (χ3n) is 3.14. The number of amides is 1. The molecule has 0 atom stereocenters. The maximum absolute atomic E-state index is 11.8. The zero-order valence-corrected chi connectivity index (χ0v) is 13.5. The van der Waals surface area contributed by atoms with Gasteiger partial charge in [0.15, 0.2) is 23.0 Å². The second kappa shape index (κ2) is 8.19. The van der Waals surface area contributed by atoms with Crippen LogP contribution in [0.5, 0.6) is 11.5 Å². The second-order valence-electron chi connectivity index (χ2n) is 4.98. The number of rotatable bonds is 8. The van der Waals surface area contributed by atoms with Crippen LogP contribution in [0.15, 0.2) is 28.8 Å². The lowest BCUT2D eigenvalue weighted by Gasteiger charge is -2.09. The molecule has 0 aliphatic carbocycles. The van der Waals surface area contributed by atoms with Gasteiger partial charge in [-0.3, -0.25) is 4.79 Å². The number of likely N-dealkylation sites (N-methyl/N-ethyl adjacent to an activating group) is 1. The molecule has 2 rings (SSSR count). The number of benzene rings is 1. The third-order valence-corrected chi connectivity index (χ3v) is 3.14. The van der Waals surface area contributed by atoms with Gasteiger partial charge in [-0.2, -0.15) is 0 Å². The average molecular weight is 319 g/mol. The lowest BCUT2D eigenvalue weighted by Crippen LogP contribution is -2.30. The van der Waals surface area contributed by atoms with Crippen LogP contribution in [0, 0.1) is 6.92 Å². The van der Waals surface area contributed by atoms with Crippen molar-refractivity contribution in [2.75, 3.05) is 27.2 Å². The van der Waals surface area contributed by atoms with Crippen LogP contribution in [0.4, 0.5) is 0 Å². The van der Waals surface area contributed by atoms with Gasteiger partial charge in [0.1, 0.15) is 6.61 Å². The quantitative estimate of drug-likeness (QED) is 0.718. The largest absolute Gasteiger partial charge is 0.493 e. The molecule has 0 bridgehead atoms. The summed E-state index contributed by atoms with van der Waals surface area (Å²) in [5.74, 6) is 1.44. The van der Waals surface area contributed by atoms with Crippen molar-refractivity contribution in [3.8, 4) is 11.5 Å². The van der Waals surface area contributed by atoms with E-state index in [9.17, 15) is 4.79 Å². The molecule has 1 aromatic carbocycles. The number of nitrogens with zero attached hydrogens (tertiary/aromatic N) is 1. The van der Waals surface area contributed by atoms with Crippen molar-refractivity contribution < 1.29 is 18.8 Å². The molecule has 2 N–H and O–H groups in total. The molecular formula is C16H21N3O4. The summed E-state index contributed by atoms with van der Waals surface area (Å²) in [6.45, 7) is 3.35. The summed E-state index contributed by atoms with van der Waals surface area (Å²) in [5, 5.41) is 9.41. The first-order chi connectivity index (χ1) is 11.1. The van der Waals surface area contributed by atoms with E-state index in [0.29, 0.717) is 30.3 Å². The van der Waals surface area contributed by atoms with Crippen molar-refractivity contribution in [3.63, 3.8) is 0 Å². The minimum Gasteiger partial charge on any atom is -0.493 e. The average Bonchev–Trinajstić information content (AvgIpc) is 3.02. The molecule has 0 unspecified atom stereocenters. The molecule has 0 spiro atoms. The van der Waals surface area contributed by atoms with Gasteiger partial charge in [0.2, 0.25) is 0 Å². The molecule has 0 aliphatic heterocycles. The van der Waals surface area contributed by atoms with Crippen LogP contribution in [-0.4, -0.2) is 38.3 Å². The minimum atomic E-state index is -0.275. The van der Waals surface area contributed by atoms with E-state index in [-0.39, 0.29) is 18.2 Å². The Morgan fingerprint density at radius 2 is 2.09 bits per heavy atom. The summed E-state index contributed by atoms with van der Waals surface area (Å²) in [4.78, 5) is 11.8. The van der Waals surface area contributed by atoms with Gasteiger partial charge in [0.25, 0.3) is 5.91 Å². The highest BCUT2D eigenvalue weighted by Gasteiger charge is 2.13. The van der Waals surface area contributed by atoms with Crippen LogP contribution in [0.2, 0.25) is 0 Å². The number of aromatic nitrogens is 1. The number of nitrogens with one attached hydrogen (secondary N) is 2. The highest BCUT2D eigenvalue weighted by molar-refractivity contribution is 5.92. The molecule has 1 aromatic heterocycles. The van der Waals surface area contributed by atoms with E-state index in [1.54, 1.807) is 13.2 Å². The predicted molar refractivity (Wildman–Crippen MR) is 84.8 cm³/mol. The Hall–Kier alpha value is -2.54. The number of ether oxygens (including phenoxy) is 2. The minimum absolute atomic E-state index is 0.163. The fraction of sp³-hybridized carbons (Fsp3) is 0.375. The summed E-state index contributed by atoms with van der Waals surface area (Å²) in [6.07, 6.45) is 0. The number of carbonyl (C=O) groups excluding carboxylic acids is 1. The Morgan fingerprint density at radius 1 is 1.26 bits per heavy atom. The van der Waals surface area contributed by atoms with E-state index < -0.39 is 0 Å². The zero-order valence-electron chi connectivity index (χ0n) is 13.5. The maximum atomic E-state index is 11.8. The second-order valence-corrected chi connectivity index (χ2v) is 4.98. The van der Waals surface area contributed by atoms with Gasteiger partial charge in [-0.25, -0.2) is 0 Å². The van der Waals surface area contributed by atoms with Crippen LogP contribution < -0.4 is 20.1 Å². The Morgan fingerprint density at radius 3 is 2.83 bits per heavy atom. The highest BCUT2D eigenvalue weighted by Crippen LogP contribution is 2.28. The van der Waals surface area contributed by atoms with E-state index >= 15 is 0 Å². The van der Waals surface area contributed by atoms with Crippen LogP contribution in [0.1, 0.15) is 21.8 Å². The van der Waals surface area contributed by atoms with E-state index in [4.69, 9.17) is 14.0 Å².